The van der Waals surface area contributed by atoms with Crippen LogP contribution in [-0.4, -0.2) is 41.9 Å². The number of hydrogen-bond acceptors (Lipinski definition) is 3. The lowest BCUT2D eigenvalue weighted by atomic mass is 9.97. The van der Waals surface area contributed by atoms with Crippen molar-refractivity contribution in [2.24, 2.45) is 0 Å². The van der Waals surface area contributed by atoms with Gasteiger partial charge in [-0.25, -0.2) is 4.79 Å². The zero-order chi connectivity index (χ0) is 10.6. The van der Waals surface area contributed by atoms with Gasteiger partial charge in [-0.2, -0.15) is 0 Å². The van der Waals surface area contributed by atoms with Crippen LogP contribution in [0.4, 0.5) is 4.79 Å². The number of amides is 1. The molecule has 1 amide bonds. The smallest absolute Gasteiger partial charge is 0.409 e. The van der Waals surface area contributed by atoms with E-state index in [0.29, 0.717) is 6.54 Å². The number of rotatable bonds is 2. The van der Waals surface area contributed by atoms with Gasteiger partial charge in [-0.05, 0) is 19.3 Å². The molecule has 0 unspecified atom stereocenters. The number of likely N-dealkylation sites (tertiary alicyclic amines) is 1. The molecule has 4 heteroatoms. The molecule has 1 fully saturated rings. The van der Waals surface area contributed by atoms with Crippen LogP contribution >= 0.6 is 0 Å². The number of ether oxygens (including phenoxy) is 1. The van der Waals surface area contributed by atoms with E-state index < -0.39 is 0 Å². The molecule has 82 valence electrons. The van der Waals surface area contributed by atoms with E-state index >= 15 is 0 Å². The van der Waals surface area contributed by atoms with Crippen LogP contribution < -0.4 is 0 Å². The molecule has 0 bridgehead atoms. The van der Waals surface area contributed by atoms with Crippen LogP contribution in [-0.2, 0) is 4.74 Å². The predicted molar refractivity (Wildman–Crippen MR) is 53.0 cm³/mol. The monoisotopic (exact) mass is 201 g/mol. The quantitative estimate of drug-likeness (QED) is 0.734. The average Bonchev–Trinajstić information content (AvgIpc) is 2.20. The minimum absolute atomic E-state index is 0.246. The Morgan fingerprint density at radius 3 is 2.86 bits per heavy atom. The van der Waals surface area contributed by atoms with Gasteiger partial charge in [0, 0.05) is 6.04 Å². The molecule has 0 aromatic heterocycles. The fraction of sp³-hybridized carbons (Fsp3) is 0.900. The summed E-state index contributed by atoms with van der Waals surface area (Å²) in [6, 6.07) is 0.246. The first kappa shape index (κ1) is 11.3. The highest BCUT2D eigenvalue weighted by atomic mass is 16.5. The topological polar surface area (TPSA) is 49.8 Å². The standard InChI is InChI=1S/C10H19NO3/c1-3-4-8-5-6-9(12)7-11(8)10(13)14-2/h8-9,12H,3-7H2,1-2H3/t8-,9-/m1/s1. The number of nitrogens with zero attached hydrogens (tertiary/aromatic N) is 1. The van der Waals surface area contributed by atoms with Crippen molar-refractivity contribution in [2.75, 3.05) is 13.7 Å². The molecule has 14 heavy (non-hydrogen) atoms. The van der Waals surface area contributed by atoms with Crippen LogP contribution in [0.2, 0.25) is 0 Å². The predicted octanol–water partition coefficient (Wildman–Crippen LogP) is 1.38. The molecular formula is C10H19NO3. The van der Waals surface area contributed by atoms with E-state index in [9.17, 15) is 9.90 Å². The highest BCUT2D eigenvalue weighted by molar-refractivity contribution is 5.68. The zero-order valence-electron chi connectivity index (χ0n) is 8.90. The van der Waals surface area contributed by atoms with Crippen molar-refractivity contribution in [3.8, 4) is 0 Å². The van der Waals surface area contributed by atoms with Gasteiger partial charge in [0.1, 0.15) is 0 Å². The number of methoxy groups -OCH3 is 1. The molecule has 0 saturated carbocycles. The normalized spacial score (nSPS) is 27.5. The number of carbonyl (C=O) groups excluding carboxylic acids is 1. The number of piperidine rings is 1. The largest absolute Gasteiger partial charge is 0.453 e. The fourth-order valence-electron chi connectivity index (χ4n) is 1.98. The van der Waals surface area contributed by atoms with E-state index in [4.69, 9.17) is 4.74 Å². The van der Waals surface area contributed by atoms with E-state index in [-0.39, 0.29) is 18.2 Å². The number of carbonyl (C=O) groups is 1. The average molecular weight is 201 g/mol. The molecule has 0 radical (unpaired) electrons. The number of hydrogen-bond donors (Lipinski definition) is 1. The molecule has 1 aliphatic rings. The van der Waals surface area contributed by atoms with Crippen molar-refractivity contribution < 1.29 is 14.6 Å². The Morgan fingerprint density at radius 2 is 2.29 bits per heavy atom. The Bertz CT molecular complexity index is 196. The summed E-state index contributed by atoms with van der Waals surface area (Å²) in [5.41, 5.74) is 0. The van der Waals surface area contributed by atoms with Gasteiger partial charge in [-0.3, -0.25) is 0 Å². The lowest BCUT2D eigenvalue weighted by Crippen LogP contribution is -2.48. The number of aliphatic hydroxyl groups excluding tert-OH is 1. The van der Waals surface area contributed by atoms with Gasteiger partial charge in [-0.1, -0.05) is 13.3 Å². The first-order chi connectivity index (χ1) is 6.69. The molecule has 0 aromatic rings. The van der Waals surface area contributed by atoms with Crippen molar-refractivity contribution in [1.29, 1.82) is 0 Å². The van der Waals surface area contributed by atoms with Gasteiger partial charge in [0.2, 0.25) is 0 Å². The van der Waals surface area contributed by atoms with Crippen molar-refractivity contribution in [3.05, 3.63) is 0 Å². The molecule has 1 N–H and O–H groups in total. The SMILES string of the molecule is CCC[C@@H]1CC[C@@H](O)CN1C(=O)OC. The summed E-state index contributed by atoms with van der Waals surface area (Å²) in [7, 11) is 1.38. The fourth-order valence-corrected chi connectivity index (χ4v) is 1.98. The zero-order valence-corrected chi connectivity index (χ0v) is 8.90. The third kappa shape index (κ3) is 2.61. The molecular weight excluding hydrogens is 182 g/mol. The molecule has 4 nitrogen and oxygen atoms in total. The summed E-state index contributed by atoms with van der Waals surface area (Å²) in [4.78, 5) is 13.0. The van der Waals surface area contributed by atoms with E-state index in [1.165, 1.54) is 7.11 Å². The summed E-state index contributed by atoms with van der Waals surface area (Å²) in [6.07, 6.45) is 3.00. The maximum absolute atomic E-state index is 11.4. The lowest BCUT2D eigenvalue weighted by Gasteiger charge is -2.36. The van der Waals surface area contributed by atoms with E-state index in [0.717, 1.165) is 25.7 Å². The van der Waals surface area contributed by atoms with Gasteiger partial charge in [0.25, 0.3) is 0 Å². The van der Waals surface area contributed by atoms with Crippen molar-refractivity contribution in [2.45, 2.75) is 44.8 Å². The molecule has 1 rings (SSSR count). The molecule has 1 heterocycles. The first-order valence-electron chi connectivity index (χ1n) is 5.21. The number of β-amino-alcohol motifs (C(OH)–C–C–N with tert-alkyl or cyclic N) is 1. The highest BCUT2D eigenvalue weighted by Gasteiger charge is 2.30. The Morgan fingerprint density at radius 1 is 1.57 bits per heavy atom. The molecule has 2 atom stereocenters. The summed E-state index contributed by atoms with van der Waals surface area (Å²) in [5.74, 6) is 0. The van der Waals surface area contributed by atoms with E-state index in [1.807, 2.05) is 0 Å². The van der Waals surface area contributed by atoms with Crippen LogP contribution in [0.15, 0.2) is 0 Å². The van der Waals surface area contributed by atoms with Crippen LogP contribution in [0.25, 0.3) is 0 Å². The van der Waals surface area contributed by atoms with E-state index in [1.54, 1.807) is 4.90 Å². The van der Waals surface area contributed by atoms with Gasteiger partial charge < -0.3 is 14.7 Å². The van der Waals surface area contributed by atoms with Gasteiger partial charge in [-0.15, -0.1) is 0 Å². The van der Waals surface area contributed by atoms with Crippen LogP contribution in [0, 0.1) is 0 Å². The Labute approximate surface area is 84.8 Å². The second-order valence-electron chi connectivity index (χ2n) is 3.80. The third-order valence-corrected chi connectivity index (χ3v) is 2.71. The van der Waals surface area contributed by atoms with Crippen LogP contribution in [0.5, 0.6) is 0 Å². The lowest BCUT2D eigenvalue weighted by molar-refractivity contribution is 0.0278. The van der Waals surface area contributed by atoms with Gasteiger partial charge in [0.15, 0.2) is 0 Å². The van der Waals surface area contributed by atoms with Crippen LogP contribution in [0.3, 0.4) is 0 Å². The summed E-state index contributed by atoms with van der Waals surface area (Å²) in [6.45, 7) is 2.51. The van der Waals surface area contributed by atoms with E-state index in [2.05, 4.69) is 6.92 Å². The molecule has 0 aromatic carbocycles. The maximum Gasteiger partial charge on any atom is 0.409 e. The Kier molecular flexibility index (Phi) is 4.20. The summed E-state index contributed by atoms with van der Waals surface area (Å²) < 4.78 is 4.69. The molecule has 1 saturated heterocycles. The van der Waals surface area contributed by atoms with Crippen molar-refractivity contribution in [3.63, 3.8) is 0 Å². The maximum atomic E-state index is 11.4. The van der Waals surface area contributed by atoms with Crippen LogP contribution in [0.1, 0.15) is 32.6 Å². The second kappa shape index (κ2) is 5.20. The Balaban J connectivity index is 2.58. The highest BCUT2D eigenvalue weighted by Crippen LogP contribution is 2.21. The molecule has 0 aliphatic carbocycles. The summed E-state index contributed by atoms with van der Waals surface area (Å²) in [5, 5.41) is 9.46. The second-order valence-corrected chi connectivity index (χ2v) is 3.80. The number of aliphatic hydroxyl groups is 1. The molecule has 0 spiro atoms. The van der Waals surface area contributed by atoms with Gasteiger partial charge >= 0.3 is 6.09 Å². The minimum Gasteiger partial charge on any atom is -0.453 e. The molecule has 1 aliphatic heterocycles. The third-order valence-electron chi connectivity index (χ3n) is 2.71. The van der Waals surface area contributed by atoms with Crippen molar-refractivity contribution >= 4 is 6.09 Å². The van der Waals surface area contributed by atoms with Gasteiger partial charge in [0.05, 0.1) is 19.8 Å². The summed E-state index contributed by atoms with van der Waals surface area (Å²) >= 11 is 0. The Hall–Kier alpha value is -0.770. The first-order valence-corrected chi connectivity index (χ1v) is 5.21. The van der Waals surface area contributed by atoms with Crippen molar-refractivity contribution in [1.82, 2.24) is 4.90 Å². The minimum atomic E-state index is -0.387.